The van der Waals surface area contributed by atoms with E-state index in [-0.39, 0.29) is 12.1 Å². The number of hydrogen-bond acceptors (Lipinski definition) is 6. The highest BCUT2D eigenvalue weighted by Crippen LogP contribution is 2.29. The van der Waals surface area contributed by atoms with Crippen molar-refractivity contribution in [1.82, 2.24) is 10.3 Å². The Morgan fingerprint density at radius 2 is 2.22 bits per heavy atom. The fourth-order valence-electron chi connectivity index (χ4n) is 2.60. The van der Waals surface area contributed by atoms with Crippen LogP contribution in [0.3, 0.4) is 0 Å². The number of nitrogen functional groups attached to an aromatic ring is 1. The van der Waals surface area contributed by atoms with Crippen LogP contribution in [0.5, 0.6) is 5.75 Å². The van der Waals surface area contributed by atoms with E-state index in [4.69, 9.17) is 15.2 Å². The molecule has 7 nitrogen and oxygen atoms in total. The molecule has 128 valence electrons. The number of anilines is 2. The van der Waals surface area contributed by atoms with Crippen LogP contribution in [-0.2, 0) is 4.74 Å². The highest BCUT2D eigenvalue weighted by molar-refractivity contribution is 5.68. The van der Waals surface area contributed by atoms with E-state index in [9.17, 15) is 4.79 Å². The Hall–Kier alpha value is -2.18. The lowest BCUT2D eigenvalue weighted by atomic mass is 10.1. The van der Waals surface area contributed by atoms with Crippen molar-refractivity contribution in [2.24, 2.45) is 0 Å². The molecule has 0 spiro atoms. The summed E-state index contributed by atoms with van der Waals surface area (Å²) in [5.74, 6) is 1.39. The van der Waals surface area contributed by atoms with E-state index in [1.54, 1.807) is 19.4 Å². The molecule has 23 heavy (non-hydrogen) atoms. The first-order valence-corrected chi connectivity index (χ1v) is 7.82. The van der Waals surface area contributed by atoms with E-state index in [0.717, 1.165) is 25.2 Å². The van der Waals surface area contributed by atoms with Gasteiger partial charge in [0.1, 0.15) is 5.60 Å². The molecule has 1 atom stereocenters. The van der Waals surface area contributed by atoms with Crippen molar-refractivity contribution in [1.29, 1.82) is 0 Å². The van der Waals surface area contributed by atoms with Gasteiger partial charge in [-0.3, -0.25) is 0 Å². The lowest BCUT2D eigenvalue weighted by Crippen LogP contribution is -2.49. The molecule has 0 aliphatic carbocycles. The van der Waals surface area contributed by atoms with E-state index in [1.165, 1.54) is 0 Å². The third-order valence-electron chi connectivity index (χ3n) is 3.52. The van der Waals surface area contributed by atoms with Gasteiger partial charge in [-0.25, -0.2) is 9.78 Å². The Labute approximate surface area is 137 Å². The van der Waals surface area contributed by atoms with Gasteiger partial charge in [0.15, 0.2) is 11.6 Å². The highest BCUT2D eigenvalue weighted by atomic mass is 16.6. The Bertz CT molecular complexity index is 557. The van der Waals surface area contributed by atoms with E-state index in [0.29, 0.717) is 18.0 Å². The standard InChI is InChI=1S/C16H26N4O3/c1-16(2,3)23-15(21)19-12-6-5-7-20(10-12)14-13(22-4)8-11(17)9-18-14/h8-9,12H,5-7,10,17H2,1-4H3,(H,19,21)/t12-/m1/s1. The van der Waals surface area contributed by atoms with Crippen LogP contribution in [0.4, 0.5) is 16.3 Å². The zero-order chi connectivity index (χ0) is 17.0. The molecule has 1 saturated heterocycles. The summed E-state index contributed by atoms with van der Waals surface area (Å²) in [7, 11) is 1.60. The number of methoxy groups -OCH3 is 1. The number of aromatic nitrogens is 1. The van der Waals surface area contributed by atoms with Gasteiger partial charge >= 0.3 is 6.09 Å². The van der Waals surface area contributed by atoms with Crippen LogP contribution in [0.25, 0.3) is 0 Å². The number of nitrogens with zero attached hydrogens (tertiary/aromatic N) is 2. The second kappa shape index (κ2) is 6.93. The van der Waals surface area contributed by atoms with Crippen molar-refractivity contribution in [2.45, 2.75) is 45.3 Å². The highest BCUT2D eigenvalue weighted by Gasteiger charge is 2.26. The normalized spacial score (nSPS) is 18.4. The lowest BCUT2D eigenvalue weighted by Gasteiger charge is -2.34. The summed E-state index contributed by atoms with van der Waals surface area (Å²) < 4.78 is 10.7. The number of ether oxygens (including phenoxy) is 2. The number of amides is 1. The zero-order valence-corrected chi connectivity index (χ0v) is 14.3. The summed E-state index contributed by atoms with van der Waals surface area (Å²) in [6.45, 7) is 7.07. The van der Waals surface area contributed by atoms with Gasteiger partial charge in [0, 0.05) is 25.2 Å². The molecule has 2 heterocycles. The molecule has 1 aromatic heterocycles. The van der Waals surface area contributed by atoms with Crippen molar-refractivity contribution in [3.63, 3.8) is 0 Å². The Kier molecular flexibility index (Phi) is 5.18. The van der Waals surface area contributed by atoms with Crippen LogP contribution in [0, 0.1) is 0 Å². The second-order valence-electron chi connectivity index (χ2n) is 6.73. The van der Waals surface area contributed by atoms with Gasteiger partial charge in [0.2, 0.25) is 0 Å². The SMILES string of the molecule is COc1cc(N)cnc1N1CCC[C@@H](NC(=O)OC(C)(C)C)C1. The monoisotopic (exact) mass is 322 g/mol. The van der Waals surface area contributed by atoms with E-state index < -0.39 is 5.60 Å². The molecule has 0 bridgehead atoms. The van der Waals surface area contributed by atoms with Gasteiger partial charge in [-0.15, -0.1) is 0 Å². The molecule has 0 unspecified atom stereocenters. The molecular weight excluding hydrogens is 296 g/mol. The van der Waals surface area contributed by atoms with Crippen molar-refractivity contribution >= 4 is 17.6 Å². The van der Waals surface area contributed by atoms with Crippen molar-refractivity contribution in [2.75, 3.05) is 30.8 Å². The molecule has 0 aromatic carbocycles. The summed E-state index contributed by atoms with van der Waals surface area (Å²) in [4.78, 5) is 18.4. The minimum absolute atomic E-state index is 0.0164. The van der Waals surface area contributed by atoms with Crippen LogP contribution in [0.2, 0.25) is 0 Å². The molecule has 0 saturated carbocycles. The number of pyridine rings is 1. The molecule has 1 fully saturated rings. The van der Waals surface area contributed by atoms with Gasteiger partial charge in [0.25, 0.3) is 0 Å². The number of piperidine rings is 1. The van der Waals surface area contributed by atoms with E-state index in [2.05, 4.69) is 15.2 Å². The van der Waals surface area contributed by atoms with Gasteiger partial charge in [-0.05, 0) is 33.6 Å². The molecule has 3 N–H and O–H groups in total. The smallest absolute Gasteiger partial charge is 0.407 e. The van der Waals surface area contributed by atoms with Crippen molar-refractivity contribution in [3.8, 4) is 5.75 Å². The Morgan fingerprint density at radius 1 is 1.48 bits per heavy atom. The number of carbonyl (C=O) groups excluding carboxylic acids is 1. The number of alkyl carbamates (subject to hydrolysis) is 1. The number of nitrogens with one attached hydrogen (secondary N) is 1. The van der Waals surface area contributed by atoms with Crippen LogP contribution in [0.1, 0.15) is 33.6 Å². The quantitative estimate of drug-likeness (QED) is 0.886. The molecule has 1 amide bonds. The van der Waals surface area contributed by atoms with Gasteiger partial charge in [-0.1, -0.05) is 0 Å². The van der Waals surface area contributed by atoms with E-state index in [1.807, 2.05) is 20.8 Å². The predicted molar refractivity (Wildman–Crippen MR) is 89.8 cm³/mol. The largest absolute Gasteiger partial charge is 0.493 e. The minimum atomic E-state index is -0.500. The lowest BCUT2D eigenvalue weighted by molar-refractivity contribution is 0.0500. The van der Waals surface area contributed by atoms with E-state index >= 15 is 0 Å². The predicted octanol–water partition coefficient (Wildman–Crippen LogP) is 2.17. The Balaban J connectivity index is 2.02. The van der Waals surface area contributed by atoms with Crippen molar-refractivity contribution < 1.29 is 14.3 Å². The van der Waals surface area contributed by atoms with Crippen LogP contribution in [0.15, 0.2) is 12.3 Å². The number of hydrogen-bond donors (Lipinski definition) is 2. The van der Waals surface area contributed by atoms with Crippen LogP contribution in [-0.4, -0.2) is 42.9 Å². The summed E-state index contributed by atoms with van der Waals surface area (Å²) in [6, 6.07) is 1.77. The summed E-state index contributed by atoms with van der Waals surface area (Å²) >= 11 is 0. The maximum atomic E-state index is 11.9. The first-order chi connectivity index (χ1) is 10.8. The second-order valence-corrected chi connectivity index (χ2v) is 6.73. The molecular formula is C16H26N4O3. The average molecular weight is 322 g/mol. The zero-order valence-electron chi connectivity index (χ0n) is 14.3. The first-order valence-electron chi connectivity index (χ1n) is 7.82. The summed E-state index contributed by atoms with van der Waals surface area (Å²) in [6.07, 6.45) is 3.09. The number of nitrogens with two attached hydrogens (primary N) is 1. The molecule has 0 radical (unpaired) electrons. The minimum Gasteiger partial charge on any atom is -0.493 e. The molecule has 1 aliphatic rings. The fourth-order valence-corrected chi connectivity index (χ4v) is 2.60. The Morgan fingerprint density at radius 3 is 2.87 bits per heavy atom. The molecule has 1 aromatic rings. The van der Waals surface area contributed by atoms with Gasteiger partial charge < -0.3 is 25.4 Å². The molecule has 7 heteroatoms. The number of carbonyl (C=O) groups is 1. The summed E-state index contributed by atoms with van der Waals surface area (Å²) in [5, 5.41) is 2.93. The van der Waals surface area contributed by atoms with Crippen molar-refractivity contribution in [3.05, 3.63) is 12.3 Å². The maximum Gasteiger partial charge on any atom is 0.407 e. The van der Waals surface area contributed by atoms with Gasteiger partial charge in [0.05, 0.1) is 19.0 Å². The van der Waals surface area contributed by atoms with Gasteiger partial charge in [-0.2, -0.15) is 0 Å². The third-order valence-corrected chi connectivity index (χ3v) is 3.52. The molecule has 2 rings (SSSR count). The maximum absolute atomic E-state index is 11.9. The molecule has 1 aliphatic heterocycles. The summed E-state index contributed by atoms with van der Waals surface area (Å²) in [5.41, 5.74) is 5.81. The van der Waals surface area contributed by atoms with Crippen LogP contribution >= 0.6 is 0 Å². The topological polar surface area (TPSA) is 89.7 Å². The fraction of sp³-hybridized carbons (Fsp3) is 0.625. The first kappa shape index (κ1) is 17.2. The third kappa shape index (κ3) is 4.91. The average Bonchev–Trinajstić information content (AvgIpc) is 2.45. The number of rotatable bonds is 3. The van der Waals surface area contributed by atoms with Crippen LogP contribution < -0.4 is 20.7 Å².